The Hall–Kier alpha value is -3.05. The summed E-state index contributed by atoms with van der Waals surface area (Å²) in [6.07, 6.45) is 3.93. The Labute approximate surface area is 163 Å². The summed E-state index contributed by atoms with van der Waals surface area (Å²) in [5, 5.41) is 6.83. The number of nitrogens with zero attached hydrogens (tertiary/aromatic N) is 1. The van der Waals surface area contributed by atoms with Crippen molar-refractivity contribution in [2.75, 3.05) is 19.0 Å². The first-order valence-electron chi connectivity index (χ1n) is 8.53. The fourth-order valence-electron chi connectivity index (χ4n) is 2.61. The molecular weight excluding hydrogens is 362 g/mol. The number of carbonyl (C=O) groups is 1. The first kappa shape index (κ1) is 18.7. The third kappa shape index (κ3) is 5.46. The molecule has 0 unspecified atom stereocenters. The topological polar surface area (TPSA) is 63.2 Å². The molecule has 1 amide bonds. The van der Waals surface area contributed by atoms with Crippen molar-refractivity contribution < 1.29 is 9.53 Å². The van der Waals surface area contributed by atoms with Crippen molar-refractivity contribution in [2.24, 2.45) is 0 Å². The molecule has 0 atom stereocenters. The fourth-order valence-corrected chi connectivity index (χ4v) is 2.83. The average Bonchev–Trinajstić information content (AvgIpc) is 2.68. The van der Waals surface area contributed by atoms with Crippen LogP contribution in [-0.4, -0.2) is 24.5 Å². The van der Waals surface area contributed by atoms with Gasteiger partial charge < -0.3 is 15.4 Å². The molecule has 0 aliphatic heterocycles. The number of methoxy groups -OCH3 is 1. The lowest BCUT2D eigenvalue weighted by Crippen LogP contribution is -2.25. The average molecular weight is 382 g/mol. The van der Waals surface area contributed by atoms with Crippen molar-refractivity contribution >= 4 is 28.9 Å². The molecule has 3 aromatic rings. The van der Waals surface area contributed by atoms with E-state index in [4.69, 9.17) is 16.3 Å². The summed E-state index contributed by atoms with van der Waals surface area (Å²) in [6, 6.07) is 16.9. The van der Waals surface area contributed by atoms with E-state index >= 15 is 0 Å². The maximum Gasteiger partial charge on any atom is 0.252 e. The highest BCUT2D eigenvalue weighted by atomic mass is 35.5. The molecule has 0 fully saturated rings. The molecule has 3 rings (SSSR count). The van der Waals surface area contributed by atoms with E-state index in [0.717, 1.165) is 22.7 Å². The quantitative estimate of drug-likeness (QED) is 0.634. The third-order valence-corrected chi connectivity index (χ3v) is 4.18. The summed E-state index contributed by atoms with van der Waals surface area (Å²) >= 11 is 5.97. The molecule has 2 aromatic carbocycles. The Morgan fingerprint density at radius 2 is 1.93 bits per heavy atom. The summed E-state index contributed by atoms with van der Waals surface area (Å²) in [4.78, 5) is 16.5. The molecule has 0 bridgehead atoms. The second-order valence-electron chi connectivity index (χ2n) is 5.96. The van der Waals surface area contributed by atoms with Gasteiger partial charge in [-0.25, -0.2) is 0 Å². The Kier molecular flexibility index (Phi) is 6.28. The lowest BCUT2D eigenvalue weighted by atomic mass is 10.1. The Balaban J connectivity index is 1.59. The third-order valence-electron chi connectivity index (χ3n) is 3.95. The Morgan fingerprint density at radius 3 is 2.74 bits per heavy atom. The molecule has 0 saturated heterocycles. The number of amides is 1. The number of nitrogens with one attached hydrogen (secondary N) is 2. The molecule has 0 spiro atoms. The van der Waals surface area contributed by atoms with Gasteiger partial charge >= 0.3 is 0 Å². The largest absolute Gasteiger partial charge is 0.497 e. The smallest absolute Gasteiger partial charge is 0.252 e. The van der Waals surface area contributed by atoms with Crippen LogP contribution in [0.4, 0.5) is 11.4 Å². The summed E-state index contributed by atoms with van der Waals surface area (Å²) in [5.74, 6) is 0.585. The van der Waals surface area contributed by atoms with Gasteiger partial charge in [0, 0.05) is 29.5 Å². The van der Waals surface area contributed by atoms with Gasteiger partial charge in [-0.15, -0.1) is 0 Å². The molecule has 0 aliphatic rings. The standard InChI is InChI=1S/C21H20ClN3O2/c1-27-20-7-3-6-18(12-20)25-19-11-16(13-23-14-19)21(26)24-9-8-15-4-2-5-17(22)10-15/h2-7,10-14,25H,8-9H2,1H3,(H,24,26). The predicted octanol–water partition coefficient (Wildman–Crippen LogP) is 4.46. The van der Waals surface area contributed by atoms with E-state index in [1.807, 2.05) is 48.5 Å². The van der Waals surface area contributed by atoms with Crippen LogP contribution in [0.3, 0.4) is 0 Å². The van der Waals surface area contributed by atoms with E-state index in [1.54, 1.807) is 25.6 Å². The number of anilines is 2. The number of pyridine rings is 1. The van der Waals surface area contributed by atoms with Crippen LogP contribution in [0.5, 0.6) is 5.75 Å². The van der Waals surface area contributed by atoms with Crippen molar-refractivity contribution in [3.05, 3.63) is 83.1 Å². The zero-order valence-electron chi connectivity index (χ0n) is 14.9. The van der Waals surface area contributed by atoms with Gasteiger partial charge in [0.25, 0.3) is 5.91 Å². The summed E-state index contributed by atoms with van der Waals surface area (Å²) in [5.41, 5.74) is 3.16. The molecule has 5 nitrogen and oxygen atoms in total. The number of rotatable bonds is 7. The number of hydrogen-bond acceptors (Lipinski definition) is 4. The van der Waals surface area contributed by atoms with Gasteiger partial charge in [0.15, 0.2) is 0 Å². The van der Waals surface area contributed by atoms with Crippen molar-refractivity contribution in [3.8, 4) is 5.75 Å². The maximum atomic E-state index is 12.4. The van der Waals surface area contributed by atoms with Crippen LogP contribution in [0.25, 0.3) is 0 Å². The summed E-state index contributed by atoms with van der Waals surface area (Å²) in [7, 11) is 1.62. The van der Waals surface area contributed by atoms with Crippen LogP contribution < -0.4 is 15.4 Å². The lowest BCUT2D eigenvalue weighted by Gasteiger charge is -2.10. The minimum Gasteiger partial charge on any atom is -0.497 e. The van der Waals surface area contributed by atoms with E-state index in [2.05, 4.69) is 15.6 Å². The van der Waals surface area contributed by atoms with Crippen molar-refractivity contribution in [3.63, 3.8) is 0 Å². The zero-order valence-corrected chi connectivity index (χ0v) is 15.7. The molecule has 0 saturated carbocycles. The first-order chi connectivity index (χ1) is 13.1. The fraction of sp³-hybridized carbons (Fsp3) is 0.143. The van der Waals surface area contributed by atoms with Crippen LogP contribution in [0, 0.1) is 0 Å². The molecule has 138 valence electrons. The SMILES string of the molecule is COc1cccc(Nc2cncc(C(=O)NCCc3cccc(Cl)c3)c2)c1. The molecule has 1 aromatic heterocycles. The van der Waals surface area contributed by atoms with Gasteiger partial charge in [0.1, 0.15) is 5.75 Å². The number of ether oxygens (including phenoxy) is 1. The van der Waals surface area contributed by atoms with E-state index in [1.165, 1.54) is 0 Å². The van der Waals surface area contributed by atoms with Crippen molar-refractivity contribution in [2.45, 2.75) is 6.42 Å². The summed E-state index contributed by atoms with van der Waals surface area (Å²) < 4.78 is 5.21. The molecule has 0 radical (unpaired) electrons. The van der Waals surface area contributed by atoms with Gasteiger partial charge in [0.05, 0.1) is 24.6 Å². The highest BCUT2D eigenvalue weighted by Crippen LogP contribution is 2.21. The Morgan fingerprint density at radius 1 is 1.07 bits per heavy atom. The lowest BCUT2D eigenvalue weighted by molar-refractivity contribution is 0.0954. The molecule has 2 N–H and O–H groups in total. The van der Waals surface area contributed by atoms with Gasteiger partial charge in [-0.3, -0.25) is 9.78 Å². The Bertz CT molecular complexity index is 931. The van der Waals surface area contributed by atoms with E-state index in [-0.39, 0.29) is 5.91 Å². The molecule has 1 heterocycles. The molecule has 6 heteroatoms. The van der Waals surface area contributed by atoms with E-state index in [9.17, 15) is 4.79 Å². The van der Waals surface area contributed by atoms with Crippen molar-refractivity contribution in [1.29, 1.82) is 0 Å². The van der Waals surface area contributed by atoms with Crippen LogP contribution in [0.15, 0.2) is 67.0 Å². The van der Waals surface area contributed by atoms with Gasteiger partial charge in [-0.2, -0.15) is 0 Å². The second-order valence-corrected chi connectivity index (χ2v) is 6.39. The number of halogens is 1. The normalized spacial score (nSPS) is 10.3. The molecule has 27 heavy (non-hydrogen) atoms. The molecule has 0 aliphatic carbocycles. The highest BCUT2D eigenvalue weighted by Gasteiger charge is 2.07. The number of benzene rings is 2. The number of carbonyl (C=O) groups excluding carboxylic acids is 1. The van der Waals surface area contributed by atoms with E-state index < -0.39 is 0 Å². The molecular formula is C21H20ClN3O2. The van der Waals surface area contributed by atoms with Crippen LogP contribution in [0.1, 0.15) is 15.9 Å². The minimum absolute atomic E-state index is 0.168. The summed E-state index contributed by atoms with van der Waals surface area (Å²) in [6.45, 7) is 0.521. The number of aromatic nitrogens is 1. The van der Waals surface area contributed by atoms with Gasteiger partial charge in [-0.1, -0.05) is 29.8 Å². The highest BCUT2D eigenvalue weighted by molar-refractivity contribution is 6.30. The van der Waals surface area contributed by atoms with Crippen LogP contribution in [0.2, 0.25) is 5.02 Å². The first-order valence-corrected chi connectivity index (χ1v) is 8.90. The van der Waals surface area contributed by atoms with E-state index in [0.29, 0.717) is 23.6 Å². The maximum absolute atomic E-state index is 12.4. The van der Waals surface area contributed by atoms with Gasteiger partial charge in [0.2, 0.25) is 0 Å². The van der Waals surface area contributed by atoms with Crippen LogP contribution in [-0.2, 0) is 6.42 Å². The predicted molar refractivity (Wildman–Crippen MR) is 108 cm³/mol. The van der Waals surface area contributed by atoms with Gasteiger partial charge in [-0.05, 0) is 42.3 Å². The van der Waals surface area contributed by atoms with Crippen molar-refractivity contribution in [1.82, 2.24) is 10.3 Å². The van der Waals surface area contributed by atoms with Crippen LogP contribution >= 0.6 is 11.6 Å². The monoisotopic (exact) mass is 381 g/mol. The second kappa shape index (κ2) is 9.05. The zero-order chi connectivity index (χ0) is 19.1. The minimum atomic E-state index is -0.168. The number of hydrogen-bond donors (Lipinski definition) is 2.